The maximum atomic E-state index is 13.1. The highest BCUT2D eigenvalue weighted by Gasteiger charge is 2.27. The van der Waals surface area contributed by atoms with Crippen molar-refractivity contribution >= 4 is 22.8 Å². The van der Waals surface area contributed by atoms with Crippen LogP contribution in [0.1, 0.15) is 27.2 Å². The molecule has 168 valence electrons. The van der Waals surface area contributed by atoms with Crippen molar-refractivity contribution in [2.24, 2.45) is 0 Å². The maximum absolute atomic E-state index is 13.1. The smallest absolute Gasteiger partial charge is 0.274 e. The van der Waals surface area contributed by atoms with Crippen LogP contribution in [-0.2, 0) is 19.5 Å². The van der Waals surface area contributed by atoms with Gasteiger partial charge in [0.25, 0.3) is 5.91 Å². The molecular formula is C26H23N7O. The number of anilines is 1. The molecule has 0 aliphatic carbocycles. The van der Waals surface area contributed by atoms with Crippen LogP contribution < -0.4 is 5.73 Å². The second-order valence-electron chi connectivity index (χ2n) is 8.51. The Bertz CT molecular complexity index is 1490. The normalized spacial score (nSPS) is 13.4. The Morgan fingerprint density at radius 1 is 0.912 bits per heavy atom. The molecule has 5 aromatic rings. The summed E-state index contributed by atoms with van der Waals surface area (Å²) in [7, 11) is 0. The van der Waals surface area contributed by atoms with E-state index in [2.05, 4.69) is 27.2 Å². The number of amides is 1. The molecule has 0 fully saturated rings. The molecule has 8 heteroatoms. The molecule has 6 rings (SSSR count). The molecule has 1 aliphatic rings. The average molecular weight is 450 g/mol. The highest BCUT2D eigenvalue weighted by molar-refractivity contribution is 5.94. The maximum Gasteiger partial charge on any atom is 0.274 e. The van der Waals surface area contributed by atoms with Gasteiger partial charge in [-0.05, 0) is 35.7 Å². The summed E-state index contributed by atoms with van der Waals surface area (Å²) in [4.78, 5) is 23.4. The molecule has 0 radical (unpaired) electrons. The van der Waals surface area contributed by atoms with Crippen molar-refractivity contribution in [3.8, 4) is 5.69 Å². The first kappa shape index (κ1) is 20.2. The Morgan fingerprint density at radius 2 is 1.71 bits per heavy atom. The Hall–Kier alpha value is -4.46. The molecule has 2 N–H and O–H groups in total. The average Bonchev–Trinajstić information content (AvgIpc) is 3.48. The number of aromatic nitrogens is 5. The summed E-state index contributed by atoms with van der Waals surface area (Å²) in [6.45, 7) is 1.89. The predicted octanol–water partition coefficient (Wildman–Crippen LogP) is 3.45. The van der Waals surface area contributed by atoms with Crippen LogP contribution in [0, 0.1) is 0 Å². The Balaban J connectivity index is 1.18. The zero-order chi connectivity index (χ0) is 23.1. The lowest BCUT2D eigenvalue weighted by Crippen LogP contribution is -2.36. The number of benzene rings is 2. The van der Waals surface area contributed by atoms with Gasteiger partial charge in [0, 0.05) is 36.7 Å². The van der Waals surface area contributed by atoms with Crippen LogP contribution in [0.4, 0.5) is 5.82 Å². The van der Waals surface area contributed by atoms with Crippen LogP contribution in [0.15, 0.2) is 79.4 Å². The lowest BCUT2D eigenvalue weighted by Gasteiger charge is -2.26. The summed E-state index contributed by atoms with van der Waals surface area (Å²) in [6, 6.07) is 20.2. The van der Waals surface area contributed by atoms with E-state index in [4.69, 9.17) is 5.73 Å². The third kappa shape index (κ3) is 3.59. The van der Waals surface area contributed by atoms with E-state index in [1.54, 1.807) is 0 Å². The standard InChI is InChI=1S/C26H23N7O/c27-24-22-11-13-33(25(22)29-17-28-24)21-8-6-19(7-9-21)14-31-12-10-20-16-32(30-23(20)26(31)34)15-18-4-2-1-3-5-18/h1-9,11,13,16-17H,10,12,14-15H2,(H2,27,28,29). The number of carbonyl (C=O) groups excluding carboxylic acids is 1. The molecular weight excluding hydrogens is 426 g/mol. The SMILES string of the molecule is Nc1ncnc2c1ccn2-c1ccc(CN2CCc3cn(Cc4ccccc4)nc3C2=O)cc1. The van der Waals surface area contributed by atoms with E-state index < -0.39 is 0 Å². The van der Waals surface area contributed by atoms with E-state index in [1.807, 2.05) is 75.1 Å². The number of hydrogen-bond donors (Lipinski definition) is 1. The first-order valence-electron chi connectivity index (χ1n) is 11.2. The summed E-state index contributed by atoms with van der Waals surface area (Å²) in [5.41, 5.74) is 11.5. The van der Waals surface area contributed by atoms with E-state index in [0.29, 0.717) is 31.1 Å². The van der Waals surface area contributed by atoms with E-state index in [1.165, 1.54) is 6.33 Å². The quantitative estimate of drug-likeness (QED) is 0.444. The highest BCUT2D eigenvalue weighted by Crippen LogP contribution is 2.23. The van der Waals surface area contributed by atoms with Crippen molar-refractivity contribution < 1.29 is 4.79 Å². The molecule has 1 aliphatic heterocycles. The number of nitrogens with two attached hydrogens (primary N) is 1. The second kappa shape index (κ2) is 8.15. The van der Waals surface area contributed by atoms with E-state index in [0.717, 1.165) is 39.8 Å². The summed E-state index contributed by atoms with van der Waals surface area (Å²) in [6.07, 6.45) is 6.22. The van der Waals surface area contributed by atoms with Crippen LogP contribution in [0.2, 0.25) is 0 Å². The third-order valence-corrected chi connectivity index (χ3v) is 6.27. The molecule has 0 spiro atoms. The van der Waals surface area contributed by atoms with Crippen LogP contribution in [0.5, 0.6) is 0 Å². The summed E-state index contributed by atoms with van der Waals surface area (Å²) in [5, 5.41) is 5.43. The van der Waals surface area contributed by atoms with E-state index in [-0.39, 0.29) is 5.91 Å². The van der Waals surface area contributed by atoms with Gasteiger partial charge in [-0.15, -0.1) is 0 Å². The van der Waals surface area contributed by atoms with Gasteiger partial charge in [-0.1, -0.05) is 42.5 Å². The van der Waals surface area contributed by atoms with Crippen LogP contribution in [-0.4, -0.2) is 41.7 Å². The predicted molar refractivity (Wildman–Crippen MR) is 129 cm³/mol. The van der Waals surface area contributed by atoms with Crippen LogP contribution in [0.3, 0.4) is 0 Å². The molecule has 0 atom stereocenters. The fourth-order valence-electron chi connectivity index (χ4n) is 4.50. The van der Waals surface area contributed by atoms with Gasteiger partial charge in [0.15, 0.2) is 5.69 Å². The lowest BCUT2D eigenvalue weighted by molar-refractivity contribution is 0.0720. The first-order chi connectivity index (χ1) is 16.7. The molecule has 0 saturated carbocycles. The van der Waals surface area contributed by atoms with Crippen molar-refractivity contribution in [1.29, 1.82) is 0 Å². The highest BCUT2D eigenvalue weighted by atomic mass is 16.2. The number of carbonyl (C=O) groups is 1. The van der Waals surface area contributed by atoms with Crippen LogP contribution >= 0.6 is 0 Å². The third-order valence-electron chi connectivity index (χ3n) is 6.27. The lowest BCUT2D eigenvalue weighted by atomic mass is 10.1. The summed E-state index contributed by atoms with van der Waals surface area (Å²) < 4.78 is 3.85. The van der Waals surface area contributed by atoms with Gasteiger partial charge in [0.2, 0.25) is 0 Å². The summed E-state index contributed by atoms with van der Waals surface area (Å²) in [5.74, 6) is 0.454. The Morgan fingerprint density at radius 3 is 2.53 bits per heavy atom. The fourth-order valence-corrected chi connectivity index (χ4v) is 4.50. The molecule has 1 amide bonds. The van der Waals surface area contributed by atoms with Gasteiger partial charge < -0.3 is 15.2 Å². The molecule has 2 aromatic carbocycles. The van der Waals surface area contributed by atoms with Crippen molar-refractivity contribution in [1.82, 2.24) is 29.2 Å². The van der Waals surface area contributed by atoms with Crippen molar-refractivity contribution in [2.75, 3.05) is 12.3 Å². The van der Waals surface area contributed by atoms with Crippen molar-refractivity contribution in [2.45, 2.75) is 19.5 Å². The van der Waals surface area contributed by atoms with E-state index >= 15 is 0 Å². The van der Waals surface area contributed by atoms with Crippen LogP contribution in [0.25, 0.3) is 16.7 Å². The molecule has 0 saturated heterocycles. The van der Waals surface area contributed by atoms with Gasteiger partial charge in [-0.2, -0.15) is 5.10 Å². The Labute approximate surface area is 196 Å². The first-order valence-corrected chi connectivity index (χ1v) is 11.2. The molecule has 34 heavy (non-hydrogen) atoms. The number of rotatable bonds is 5. The number of nitrogen functional groups attached to an aromatic ring is 1. The fraction of sp³-hybridized carbons (Fsp3) is 0.154. The minimum Gasteiger partial charge on any atom is -0.383 e. The topological polar surface area (TPSA) is 94.9 Å². The van der Waals surface area contributed by atoms with Gasteiger partial charge >= 0.3 is 0 Å². The van der Waals surface area contributed by atoms with Crippen molar-refractivity contribution in [3.63, 3.8) is 0 Å². The zero-order valence-electron chi connectivity index (χ0n) is 18.5. The number of hydrogen-bond acceptors (Lipinski definition) is 5. The van der Waals surface area contributed by atoms with E-state index in [9.17, 15) is 4.79 Å². The van der Waals surface area contributed by atoms with Gasteiger partial charge in [0.1, 0.15) is 17.8 Å². The molecule has 0 unspecified atom stereocenters. The summed E-state index contributed by atoms with van der Waals surface area (Å²) >= 11 is 0. The van der Waals surface area contributed by atoms with Gasteiger partial charge in [-0.3, -0.25) is 9.48 Å². The van der Waals surface area contributed by atoms with Gasteiger partial charge in [0.05, 0.1) is 11.9 Å². The minimum atomic E-state index is -0.0132. The number of fused-ring (bicyclic) bond motifs is 2. The van der Waals surface area contributed by atoms with Crippen molar-refractivity contribution in [3.05, 3.63) is 102 Å². The molecule has 0 bridgehead atoms. The molecule has 4 heterocycles. The Kier molecular flexibility index (Phi) is 4.83. The molecule has 3 aromatic heterocycles. The zero-order valence-corrected chi connectivity index (χ0v) is 18.5. The number of nitrogens with zero attached hydrogens (tertiary/aromatic N) is 6. The minimum absolute atomic E-state index is 0.0132. The monoisotopic (exact) mass is 449 g/mol. The molecule has 8 nitrogen and oxygen atoms in total. The van der Waals surface area contributed by atoms with Gasteiger partial charge in [-0.25, -0.2) is 9.97 Å². The largest absolute Gasteiger partial charge is 0.383 e. The second-order valence-corrected chi connectivity index (χ2v) is 8.51.